The molecule has 5 heteroatoms. The maximum Gasteiger partial charge on any atom is 0.224 e. The van der Waals surface area contributed by atoms with E-state index in [2.05, 4.69) is 24.5 Å². The molecule has 21 heavy (non-hydrogen) atoms. The van der Waals surface area contributed by atoms with Crippen LogP contribution < -0.4 is 16.4 Å². The van der Waals surface area contributed by atoms with E-state index >= 15 is 0 Å². The quantitative estimate of drug-likeness (QED) is 0.722. The zero-order valence-electron chi connectivity index (χ0n) is 13.0. The first kappa shape index (κ1) is 17.2. The molecule has 5 nitrogen and oxygen atoms in total. The second kappa shape index (κ2) is 8.42. The molecule has 0 bridgehead atoms. The largest absolute Gasteiger partial charge is 0.330 e. The Morgan fingerprint density at radius 2 is 1.81 bits per heavy atom. The Hall–Kier alpha value is -1.88. The first-order valence-corrected chi connectivity index (χ1v) is 7.28. The average molecular weight is 291 g/mol. The fourth-order valence-corrected chi connectivity index (χ4v) is 2.28. The van der Waals surface area contributed by atoms with Crippen molar-refractivity contribution in [1.82, 2.24) is 0 Å². The smallest absolute Gasteiger partial charge is 0.224 e. The summed E-state index contributed by atoms with van der Waals surface area (Å²) in [6.07, 6.45) is 1.36. The highest BCUT2D eigenvalue weighted by molar-refractivity contribution is 5.93. The molecule has 0 saturated heterocycles. The number of hydrogen-bond donors (Lipinski definition) is 3. The van der Waals surface area contributed by atoms with Gasteiger partial charge < -0.3 is 16.4 Å². The van der Waals surface area contributed by atoms with E-state index in [4.69, 9.17) is 5.73 Å². The Labute approximate surface area is 126 Å². The van der Waals surface area contributed by atoms with Gasteiger partial charge in [0.15, 0.2) is 0 Å². The van der Waals surface area contributed by atoms with Crippen molar-refractivity contribution >= 4 is 23.2 Å². The van der Waals surface area contributed by atoms with Gasteiger partial charge in [-0.05, 0) is 43.0 Å². The summed E-state index contributed by atoms with van der Waals surface area (Å²) >= 11 is 0. The summed E-state index contributed by atoms with van der Waals surface area (Å²) in [6, 6.07) is 7.09. The summed E-state index contributed by atoms with van der Waals surface area (Å²) in [5.41, 5.74) is 7.05. The van der Waals surface area contributed by atoms with Crippen LogP contribution >= 0.6 is 0 Å². The van der Waals surface area contributed by atoms with Crippen LogP contribution in [0.25, 0.3) is 0 Å². The normalized spacial score (nSPS) is 12.0. The number of rotatable bonds is 7. The standard InChI is InChI=1S/C16H25N3O2/c1-11(2)7-13(10-17)8-16(21)19-15-6-4-5-14(9-15)18-12(3)20/h4-6,9,11,13H,7-8,10,17H2,1-3H3,(H,18,20)(H,19,21)/t13-/m0/s1. The predicted molar refractivity (Wildman–Crippen MR) is 86.0 cm³/mol. The zero-order chi connectivity index (χ0) is 15.8. The SMILES string of the molecule is CC(=O)Nc1cccc(NC(=O)C[C@@H](CN)CC(C)C)c1. The van der Waals surface area contributed by atoms with Gasteiger partial charge in [-0.1, -0.05) is 19.9 Å². The van der Waals surface area contributed by atoms with Crippen molar-refractivity contribution < 1.29 is 9.59 Å². The molecule has 0 aromatic heterocycles. The molecule has 0 spiro atoms. The summed E-state index contributed by atoms with van der Waals surface area (Å²) < 4.78 is 0. The first-order valence-electron chi connectivity index (χ1n) is 7.28. The van der Waals surface area contributed by atoms with Crippen molar-refractivity contribution in [2.24, 2.45) is 17.6 Å². The minimum Gasteiger partial charge on any atom is -0.330 e. The van der Waals surface area contributed by atoms with Crippen LogP contribution in [0.15, 0.2) is 24.3 Å². The molecule has 0 saturated carbocycles. The third-order valence-corrected chi connectivity index (χ3v) is 3.08. The van der Waals surface area contributed by atoms with E-state index in [0.717, 1.165) is 6.42 Å². The minimum atomic E-state index is -0.140. The lowest BCUT2D eigenvalue weighted by Crippen LogP contribution is -2.23. The number of amides is 2. The van der Waals surface area contributed by atoms with Crippen LogP contribution in [0.3, 0.4) is 0 Å². The topological polar surface area (TPSA) is 84.2 Å². The number of nitrogens with one attached hydrogen (secondary N) is 2. The molecule has 1 rings (SSSR count). The fraction of sp³-hybridized carbons (Fsp3) is 0.500. The van der Waals surface area contributed by atoms with E-state index < -0.39 is 0 Å². The van der Waals surface area contributed by atoms with Gasteiger partial charge in [-0.15, -0.1) is 0 Å². The average Bonchev–Trinajstić information content (AvgIpc) is 2.36. The van der Waals surface area contributed by atoms with E-state index in [1.165, 1.54) is 6.92 Å². The van der Waals surface area contributed by atoms with Crippen LogP contribution in [0.2, 0.25) is 0 Å². The lowest BCUT2D eigenvalue weighted by atomic mass is 9.94. The van der Waals surface area contributed by atoms with Crippen molar-refractivity contribution in [2.45, 2.75) is 33.6 Å². The minimum absolute atomic E-state index is 0.0499. The predicted octanol–water partition coefficient (Wildman–Crippen LogP) is 2.59. The van der Waals surface area contributed by atoms with Gasteiger partial charge in [0.05, 0.1) is 0 Å². The number of nitrogens with two attached hydrogens (primary N) is 1. The molecule has 0 heterocycles. The molecule has 1 aromatic carbocycles. The Balaban J connectivity index is 2.59. The Morgan fingerprint density at radius 1 is 1.19 bits per heavy atom. The van der Waals surface area contributed by atoms with Crippen LogP contribution in [-0.4, -0.2) is 18.4 Å². The maximum atomic E-state index is 12.0. The molecular formula is C16H25N3O2. The molecule has 0 radical (unpaired) electrons. The summed E-state index contributed by atoms with van der Waals surface area (Å²) in [5, 5.41) is 5.53. The summed E-state index contributed by atoms with van der Waals surface area (Å²) in [4.78, 5) is 23.1. The van der Waals surface area contributed by atoms with Gasteiger partial charge in [0.25, 0.3) is 0 Å². The Morgan fingerprint density at radius 3 is 2.33 bits per heavy atom. The van der Waals surface area contributed by atoms with Gasteiger partial charge in [-0.3, -0.25) is 9.59 Å². The van der Waals surface area contributed by atoms with E-state index in [9.17, 15) is 9.59 Å². The van der Waals surface area contributed by atoms with Crippen molar-refractivity contribution in [3.63, 3.8) is 0 Å². The highest BCUT2D eigenvalue weighted by Gasteiger charge is 2.14. The highest BCUT2D eigenvalue weighted by Crippen LogP contribution is 2.18. The third kappa shape index (κ3) is 6.90. The van der Waals surface area contributed by atoms with Gasteiger partial charge in [-0.2, -0.15) is 0 Å². The van der Waals surface area contributed by atoms with Crippen LogP contribution in [0.1, 0.15) is 33.6 Å². The third-order valence-electron chi connectivity index (χ3n) is 3.08. The summed E-state index contributed by atoms with van der Waals surface area (Å²) in [6.45, 7) is 6.20. The van der Waals surface area contributed by atoms with Gasteiger partial charge in [0, 0.05) is 24.7 Å². The molecule has 0 aliphatic carbocycles. The summed E-state index contributed by atoms with van der Waals surface area (Å²) in [5.74, 6) is 0.530. The highest BCUT2D eigenvalue weighted by atomic mass is 16.2. The molecule has 0 aliphatic heterocycles. The summed E-state index contributed by atoms with van der Waals surface area (Å²) in [7, 11) is 0. The van der Waals surface area contributed by atoms with Gasteiger partial charge in [0.1, 0.15) is 0 Å². The fourth-order valence-electron chi connectivity index (χ4n) is 2.28. The zero-order valence-corrected chi connectivity index (χ0v) is 13.0. The lowest BCUT2D eigenvalue weighted by molar-refractivity contribution is -0.117. The number of carbonyl (C=O) groups is 2. The van der Waals surface area contributed by atoms with Crippen LogP contribution in [0, 0.1) is 11.8 Å². The molecule has 4 N–H and O–H groups in total. The molecule has 0 fully saturated rings. The second-order valence-corrected chi connectivity index (χ2v) is 5.75. The number of anilines is 2. The monoisotopic (exact) mass is 291 g/mol. The van der Waals surface area contributed by atoms with Gasteiger partial charge >= 0.3 is 0 Å². The van der Waals surface area contributed by atoms with E-state index in [-0.39, 0.29) is 17.7 Å². The maximum absolute atomic E-state index is 12.0. The van der Waals surface area contributed by atoms with E-state index in [1.54, 1.807) is 24.3 Å². The molecule has 1 aromatic rings. The van der Waals surface area contributed by atoms with Crippen LogP contribution in [-0.2, 0) is 9.59 Å². The lowest BCUT2D eigenvalue weighted by Gasteiger charge is -2.16. The number of benzene rings is 1. The van der Waals surface area contributed by atoms with Crippen LogP contribution in [0.5, 0.6) is 0 Å². The molecule has 1 atom stereocenters. The second-order valence-electron chi connectivity index (χ2n) is 5.75. The molecule has 116 valence electrons. The van der Waals surface area contributed by atoms with Crippen molar-refractivity contribution in [3.8, 4) is 0 Å². The molecule has 0 aliphatic rings. The number of hydrogen-bond acceptors (Lipinski definition) is 3. The van der Waals surface area contributed by atoms with Crippen molar-refractivity contribution in [1.29, 1.82) is 0 Å². The van der Waals surface area contributed by atoms with Gasteiger partial charge in [0.2, 0.25) is 11.8 Å². The Bertz CT molecular complexity index is 486. The number of carbonyl (C=O) groups excluding carboxylic acids is 2. The molecular weight excluding hydrogens is 266 g/mol. The van der Waals surface area contributed by atoms with Crippen molar-refractivity contribution in [2.75, 3.05) is 17.2 Å². The van der Waals surface area contributed by atoms with Gasteiger partial charge in [-0.25, -0.2) is 0 Å². The first-order chi connectivity index (χ1) is 9.90. The van der Waals surface area contributed by atoms with E-state index in [0.29, 0.717) is 30.3 Å². The molecule has 0 unspecified atom stereocenters. The van der Waals surface area contributed by atoms with Crippen LogP contribution in [0.4, 0.5) is 11.4 Å². The van der Waals surface area contributed by atoms with Crippen molar-refractivity contribution in [3.05, 3.63) is 24.3 Å². The Kier molecular flexibility index (Phi) is 6.88. The molecule has 2 amide bonds. The van der Waals surface area contributed by atoms with E-state index in [1.807, 2.05) is 0 Å².